The minimum absolute atomic E-state index is 0.00396. The predicted molar refractivity (Wildman–Crippen MR) is 524 cm³/mol. The number of primary amides is 3. The molecule has 808 valence electrons. The quantitative estimate of drug-likeness (QED) is 0.0166. The van der Waals surface area contributed by atoms with Crippen molar-refractivity contribution in [2.24, 2.45) is 64.0 Å². The molecule has 0 aliphatic carbocycles. The number of hydrogen-bond donors (Lipinski definition) is 29. The molecule has 18 atom stereocenters. The Kier molecular flexibility index (Phi) is 51.6. The van der Waals surface area contributed by atoms with Gasteiger partial charge in [-0.05, 0) is 145 Å². The summed E-state index contributed by atoms with van der Waals surface area (Å²) in [5.41, 5.74) is 34.7. The number of nitrogens with one attached hydrogen (secondary N) is 20. The Hall–Kier alpha value is -14.4. The van der Waals surface area contributed by atoms with E-state index in [1.165, 1.54) is 6.92 Å². The lowest BCUT2D eigenvalue weighted by atomic mass is 9.97. The molecule has 0 spiro atoms. The minimum Gasteiger partial charge on any atom is -0.481 e. The fourth-order valence-corrected chi connectivity index (χ4v) is 16.0. The van der Waals surface area contributed by atoms with Crippen molar-refractivity contribution in [3.05, 3.63) is 36.0 Å². The van der Waals surface area contributed by atoms with E-state index < -0.39 is 321 Å². The number of aliphatic hydroxyl groups excluding tert-OH is 1. The number of para-hydroxylation sites is 1. The van der Waals surface area contributed by atoms with Crippen LogP contribution in [0.15, 0.2) is 30.5 Å². The molecule has 3 heterocycles. The van der Waals surface area contributed by atoms with Crippen LogP contribution in [-0.2, 0) is 112 Å². The summed E-state index contributed by atoms with van der Waals surface area (Å²) in [7, 11) is 0. The second-order valence-electron chi connectivity index (χ2n) is 38.0. The molecular formula is C92H150N28O25. The number of carboxylic acids is 2. The number of carbonyl (C=O) groups excluding carboxylic acids is 20. The molecule has 53 nitrogen and oxygen atoms in total. The number of aliphatic hydroxyl groups is 1. The lowest BCUT2D eigenvalue weighted by Gasteiger charge is -2.30. The molecule has 1 aromatic carbocycles. The maximum atomic E-state index is 15.2. The molecule has 145 heavy (non-hydrogen) atoms. The van der Waals surface area contributed by atoms with Crippen LogP contribution in [0.25, 0.3) is 10.9 Å². The van der Waals surface area contributed by atoms with Crippen LogP contribution in [0, 0.1) is 40.4 Å². The van der Waals surface area contributed by atoms with Gasteiger partial charge >= 0.3 is 11.9 Å². The van der Waals surface area contributed by atoms with Crippen molar-refractivity contribution in [1.82, 2.24) is 105 Å². The Bertz CT molecular complexity index is 4890. The van der Waals surface area contributed by atoms with E-state index in [-0.39, 0.29) is 109 Å². The lowest BCUT2D eigenvalue weighted by Crippen LogP contribution is -2.61. The molecule has 0 saturated carbocycles. The number of nitrogens with two attached hydrogens (primary N) is 6. The summed E-state index contributed by atoms with van der Waals surface area (Å²) in [5.74, 6) is -25.3. The second kappa shape index (κ2) is 60.9. The summed E-state index contributed by atoms with van der Waals surface area (Å²) in [6, 6.07) is -17.8. The van der Waals surface area contributed by atoms with Gasteiger partial charge in [0.1, 0.15) is 90.6 Å². The normalized spacial score (nSPS) is 16.7. The Morgan fingerprint density at radius 1 is 0.434 bits per heavy atom. The first-order valence-electron chi connectivity index (χ1n) is 48.6. The Morgan fingerprint density at radius 2 is 0.841 bits per heavy atom. The number of rotatable bonds is 64. The van der Waals surface area contributed by atoms with E-state index in [9.17, 15) is 111 Å². The van der Waals surface area contributed by atoms with Gasteiger partial charge in [-0.15, -0.1) is 0 Å². The van der Waals surface area contributed by atoms with Crippen LogP contribution >= 0.6 is 0 Å². The van der Waals surface area contributed by atoms with Crippen molar-refractivity contribution < 1.29 is 121 Å². The lowest BCUT2D eigenvalue weighted by molar-refractivity contribution is -0.149. The van der Waals surface area contributed by atoms with Crippen LogP contribution in [-0.4, -0.2) is 314 Å². The van der Waals surface area contributed by atoms with Gasteiger partial charge in [0, 0.05) is 69.0 Å². The number of H-pyrrole nitrogens is 1. The number of aromatic nitrogens is 1. The average Bonchev–Trinajstić information content (AvgIpc) is 1.12. The first kappa shape index (κ1) is 123. The number of likely N-dealkylation sites (tertiary alicyclic amines) is 2. The van der Waals surface area contributed by atoms with Crippen LogP contribution < -0.4 is 125 Å². The zero-order valence-electron chi connectivity index (χ0n) is 84.2. The third-order valence-corrected chi connectivity index (χ3v) is 24.1. The number of guanidine groups is 2. The fourth-order valence-electron chi connectivity index (χ4n) is 16.0. The van der Waals surface area contributed by atoms with Gasteiger partial charge in [-0.25, -0.2) is 4.79 Å². The molecule has 2 saturated heterocycles. The van der Waals surface area contributed by atoms with Crippen molar-refractivity contribution in [3.63, 3.8) is 0 Å². The fraction of sp³-hybridized carbons (Fsp3) is 0.652. The largest absolute Gasteiger partial charge is 0.481 e. The van der Waals surface area contributed by atoms with Gasteiger partial charge in [0.15, 0.2) is 11.9 Å². The molecule has 0 bridgehead atoms. The Balaban J connectivity index is 1.62. The summed E-state index contributed by atoms with van der Waals surface area (Å²) in [6.45, 7) is 17.6. The second-order valence-corrected chi connectivity index (χ2v) is 38.0. The molecule has 1 aromatic heterocycles. The van der Waals surface area contributed by atoms with Crippen molar-refractivity contribution in [2.45, 2.75) is 314 Å². The number of aromatic amines is 1. The number of nitrogens with zero attached hydrogens (tertiary/aromatic N) is 2. The molecule has 53 heteroatoms. The zero-order chi connectivity index (χ0) is 109. The highest BCUT2D eigenvalue weighted by Crippen LogP contribution is 2.25. The van der Waals surface area contributed by atoms with E-state index in [4.69, 9.17) is 45.2 Å². The predicted octanol–water partition coefficient (Wildman–Crippen LogP) is -7.32. The molecule has 0 unspecified atom stereocenters. The van der Waals surface area contributed by atoms with Crippen LogP contribution in [0.3, 0.4) is 0 Å². The number of fused-ring (bicyclic) bond motifs is 1. The van der Waals surface area contributed by atoms with Gasteiger partial charge < -0.3 is 155 Å². The molecule has 20 amide bonds. The molecule has 35 N–H and O–H groups in total. The topological polar surface area (TPSA) is 867 Å². The van der Waals surface area contributed by atoms with E-state index >= 15 is 9.59 Å². The van der Waals surface area contributed by atoms with E-state index in [0.29, 0.717) is 29.3 Å². The van der Waals surface area contributed by atoms with Gasteiger partial charge in [0.2, 0.25) is 118 Å². The molecule has 4 rings (SSSR count). The van der Waals surface area contributed by atoms with Gasteiger partial charge in [-0.2, -0.15) is 0 Å². The zero-order valence-corrected chi connectivity index (χ0v) is 84.2. The number of amides is 20. The summed E-state index contributed by atoms with van der Waals surface area (Å²) in [6.07, 6.45) is -4.75. The first-order valence-corrected chi connectivity index (χ1v) is 48.6. The maximum absolute atomic E-state index is 15.2. The van der Waals surface area contributed by atoms with E-state index in [1.54, 1.807) is 99.7 Å². The minimum atomic E-state index is -1.86. The third-order valence-electron chi connectivity index (χ3n) is 24.1. The number of carboxylic acid groups (broad SMARTS) is 2. The van der Waals surface area contributed by atoms with Crippen molar-refractivity contribution >= 4 is 153 Å². The molecule has 2 aliphatic rings. The number of carbonyl (C=O) groups is 22. The van der Waals surface area contributed by atoms with Crippen LogP contribution in [0.2, 0.25) is 0 Å². The van der Waals surface area contributed by atoms with Crippen LogP contribution in [0.5, 0.6) is 0 Å². The monoisotopic (exact) mass is 2050 g/mol. The molecule has 2 aliphatic heterocycles. The SMILES string of the molecule is CC[C@H](C)[C@H](NC(=O)CNC(=O)[C@@H](N)C(C)C)C(=O)N[C@@H](CCC(=O)O)C(=O)NCC(=O)N1CCC[C@H]1C(=O)N[C@H](C(=O)N[C@@H](CC(C)C)C(=O)N[C@@H](CCCNC(=N)N)C(=O)N[C@@H](CCC(N)=O)C(=O)N[C@@H](Cc1c[nH]c2ccccc12)C(=O)N[C@@H](CC(C)C)C(=O)N[C@@H](C)C(=O)N[C@@H](CCC(N)=O)C(=O)N[C@@H](CCCNC(=N)N)C(=O)N[C@@H](CC(C)C)C(=O)N[C@@H](CC(N)=O)C(=O)N1CCC[C@H]1C(=O)O)[C@@H](C)O. The third kappa shape index (κ3) is 42.6. The summed E-state index contributed by atoms with van der Waals surface area (Å²) in [4.78, 5) is 309. The van der Waals surface area contributed by atoms with Gasteiger partial charge in [0.05, 0.1) is 31.7 Å². The Labute approximate surface area is 839 Å². The summed E-state index contributed by atoms with van der Waals surface area (Å²) < 4.78 is 0. The molecule has 2 aromatic rings. The number of aliphatic carboxylic acids is 2. The van der Waals surface area contributed by atoms with Crippen molar-refractivity contribution in [1.29, 1.82) is 10.8 Å². The molecule has 2 fully saturated rings. The van der Waals surface area contributed by atoms with Crippen molar-refractivity contribution in [2.75, 3.05) is 39.3 Å². The van der Waals surface area contributed by atoms with E-state index in [0.717, 1.165) is 16.7 Å². The highest BCUT2D eigenvalue weighted by molar-refractivity contribution is 6.03. The van der Waals surface area contributed by atoms with E-state index in [1.807, 2.05) is 0 Å². The standard InChI is InChI=1S/C92H150N28O25/c1-13-48(10)73(117-69(125)42-104-86(140)72(96)47(8)9)87(141)111-56(28-31-71(127)128)76(130)105-43-70(126)119-34-18-24-64(119)85(139)118-74(50(12)121)88(142)115-61(38-46(6)7)82(136)109-54(22-16-32-101-91(97)98)77(131)110-58(27-30-67(94)123)80(134)114-62(39-51-41-103-53-21-15-14-20-52(51)53)84(138)113-59(36-44(2)3)81(135)106-49(11)75(129)107-57(26-29-66(93)122)79(133)108-55(23-17-33-102-92(99)100)78(132)112-60(37-45(4)5)83(137)116-63(40-68(95)124)89(143)120-35-19-25-65(120)90(144)145/h14-15,20-21,41,44-50,54-65,72-74,103,121H,13,16-19,22-40,42-43,96H2,1-12H3,(H2,93,122)(H2,94,123)(H2,95,124)(H,104,140)(H,105,130)(H,106,135)(H,107,129)(H,108,133)(H,109,136)(H,110,131)(H,111,141)(H,112,132)(H,113,138)(H,114,134)(H,115,142)(H,116,137)(H,117,125)(H,118,139)(H,127,128)(H,144,145)(H4,97,98,101)(H4,99,100,102)/t48-,49-,50+,54-,55-,56-,57-,58-,59-,60-,61-,62-,63-,64-,65-,72-,73-,74-/m0/s1. The smallest absolute Gasteiger partial charge is 0.326 e. The first-order chi connectivity index (χ1) is 68.0. The van der Waals surface area contributed by atoms with Crippen molar-refractivity contribution in [3.8, 4) is 0 Å². The van der Waals surface area contributed by atoms with Gasteiger partial charge in [-0.3, -0.25) is 112 Å². The summed E-state index contributed by atoms with van der Waals surface area (Å²) >= 11 is 0. The van der Waals surface area contributed by atoms with Gasteiger partial charge in [-0.1, -0.05) is 93.9 Å². The number of hydrogen-bond acceptors (Lipinski definition) is 26. The van der Waals surface area contributed by atoms with Crippen LogP contribution in [0.4, 0.5) is 0 Å². The van der Waals surface area contributed by atoms with Crippen LogP contribution in [0.1, 0.15) is 211 Å². The number of benzene rings is 1. The average molecular weight is 2050 g/mol. The van der Waals surface area contributed by atoms with E-state index in [2.05, 4.69) is 95.4 Å². The highest BCUT2D eigenvalue weighted by Gasteiger charge is 2.44. The molecular weight excluding hydrogens is 1900 g/mol. The summed E-state index contributed by atoms with van der Waals surface area (Å²) in [5, 5.41) is 89.4. The maximum Gasteiger partial charge on any atom is 0.326 e. The van der Waals surface area contributed by atoms with Gasteiger partial charge in [0.25, 0.3) is 0 Å². The Morgan fingerprint density at radius 3 is 1.30 bits per heavy atom. The molecule has 0 radical (unpaired) electrons. The highest BCUT2D eigenvalue weighted by atomic mass is 16.4.